The molecule has 0 fully saturated rings. The summed E-state index contributed by atoms with van der Waals surface area (Å²) in [7, 11) is 0. The number of oxime groups is 1. The summed E-state index contributed by atoms with van der Waals surface area (Å²) in [6.07, 6.45) is 1.29. The van der Waals surface area contributed by atoms with Crippen molar-refractivity contribution >= 4 is 17.7 Å². The van der Waals surface area contributed by atoms with Crippen LogP contribution in [0.4, 0.5) is 10.6 Å². The first-order valence-electron chi connectivity index (χ1n) is 3.23. The zero-order chi connectivity index (χ0) is 9.84. The SMILES string of the molecule is NC(=O)Nc1[nH]ncc1C(N)=NO. The predicted molar refractivity (Wildman–Crippen MR) is 44.3 cm³/mol. The molecule has 8 nitrogen and oxygen atoms in total. The predicted octanol–water partition coefficient (Wildman–Crippen LogP) is -1.01. The van der Waals surface area contributed by atoms with Crippen LogP contribution in [-0.4, -0.2) is 27.3 Å². The number of aromatic nitrogens is 2. The Bertz CT molecular complexity index is 343. The molecule has 1 aromatic rings. The number of amidine groups is 1. The summed E-state index contributed by atoms with van der Waals surface area (Å²) in [6, 6.07) is -0.767. The molecule has 0 radical (unpaired) electrons. The molecule has 0 aliphatic heterocycles. The molecule has 0 spiro atoms. The monoisotopic (exact) mass is 184 g/mol. The number of rotatable bonds is 2. The molecule has 0 bridgehead atoms. The molecule has 0 aliphatic rings. The van der Waals surface area contributed by atoms with Crippen molar-refractivity contribution in [3.8, 4) is 0 Å². The Morgan fingerprint density at radius 1 is 1.69 bits per heavy atom. The number of hydrogen-bond acceptors (Lipinski definition) is 4. The van der Waals surface area contributed by atoms with Crippen molar-refractivity contribution in [3.63, 3.8) is 0 Å². The lowest BCUT2D eigenvalue weighted by atomic mass is 10.3. The van der Waals surface area contributed by atoms with Gasteiger partial charge in [0.15, 0.2) is 5.84 Å². The smallest absolute Gasteiger partial charge is 0.317 e. The van der Waals surface area contributed by atoms with E-state index in [4.69, 9.17) is 16.7 Å². The maximum absolute atomic E-state index is 10.4. The van der Waals surface area contributed by atoms with Crippen LogP contribution in [0, 0.1) is 0 Å². The van der Waals surface area contributed by atoms with Gasteiger partial charge in [-0.2, -0.15) is 5.10 Å². The third-order valence-electron chi connectivity index (χ3n) is 1.27. The second kappa shape index (κ2) is 3.43. The third kappa shape index (κ3) is 1.86. The molecule has 1 heterocycles. The molecule has 8 heteroatoms. The maximum atomic E-state index is 10.4. The molecule has 13 heavy (non-hydrogen) atoms. The van der Waals surface area contributed by atoms with Gasteiger partial charge in [0.25, 0.3) is 0 Å². The van der Waals surface area contributed by atoms with Crippen molar-refractivity contribution in [2.24, 2.45) is 16.6 Å². The van der Waals surface area contributed by atoms with Crippen LogP contribution in [0.1, 0.15) is 5.56 Å². The van der Waals surface area contributed by atoms with Gasteiger partial charge in [-0.15, -0.1) is 0 Å². The number of nitrogens with two attached hydrogens (primary N) is 2. The largest absolute Gasteiger partial charge is 0.409 e. The van der Waals surface area contributed by atoms with Gasteiger partial charge in [0.1, 0.15) is 5.82 Å². The Morgan fingerprint density at radius 2 is 2.38 bits per heavy atom. The zero-order valence-corrected chi connectivity index (χ0v) is 6.48. The van der Waals surface area contributed by atoms with Crippen molar-refractivity contribution in [1.82, 2.24) is 10.2 Å². The van der Waals surface area contributed by atoms with E-state index in [0.717, 1.165) is 0 Å². The lowest BCUT2D eigenvalue weighted by Crippen LogP contribution is -2.22. The summed E-state index contributed by atoms with van der Waals surface area (Å²) in [5.74, 6) is 0.0142. The fourth-order valence-electron chi connectivity index (χ4n) is 0.753. The lowest BCUT2D eigenvalue weighted by molar-refractivity contribution is 0.259. The van der Waals surface area contributed by atoms with Crippen molar-refractivity contribution in [1.29, 1.82) is 0 Å². The molecular weight excluding hydrogens is 176 g/mol. The van der Waals surface area contributed by atoms with Gasteiger partial charge in [-0.05, 0) is 0 Å². The number of aromatic amines is 1. The van der Waals surface area contributed by atoms with E-state index in [-0.39, 0.29) is 17.2 Å². The van der Waals surface area contributed by atoms with Gasteiger partial charge in [-0.1, -0.05) is 5.16 Å². The fourth-order valence-corrected chi connectivity index (χ4v) is 0.753. The van der Waals surface area contributed by atoms with Gasteiger partial charge >= 0.3 is 6.03 Å². The highest BCUT2D eigenvalue weighted by Crippen LogP contribution is 2.09. The van der Waals surface area contributed by atoms with Gasteiger partial charge in [0.05, 0.1) is 11.8 Å². The van der Waals surface area contributed by atoms with Crippen LogP contribution < -0.4 is 16.8 Å². The first-order valence-corrected chi connectivity index (χ1v) is 3.23. The molecule has 0 saturated carbocycles. The highest BCUT2D eigenvalue weighted by atomic mass is 16.4. The van der Waals surface area contributed by atoms with E-state index in [2.05, 4.69) is 20.7 Å². The van der Waals surface area contributed by atoms with Gasteiger partial charge in [0, 0.05) is 0 Å². The van der Waals surface area contributed by atoms with Crippen molar-refractivity contribution < 1.29 is 10.0 Å². The summed E-state index contributed by atoms with van der Waals surface area (Å²) >= 11 is 0. The standard InChI is InChI=1S/C5H8N6O2/c6-3(11-13)2-1-8-10-4(2)9-5(7)12/h1,13H,(H2,6,11)(H4,7,8,9,10,12). The quantitative estimate of drug-likeness (QED) is 0.174. The van der Waals surface area contributed by atoms with Crippen molar-refractivity contribution in [3.05, 3.63) is 11.8 Å². The summed E-state index contributed by atoms with van der Waals surface area (Å²) in [5, 5.41) is 19.3. The minimum atomic E-state index is -0.767. The number of anilines is 1. The van der Waals surface area contributed by atoms with Gasteiger partial charge < -0.3 is 16.7 Å². The van der Waals surface area contributed by atoms with E-state index in [1.54, 1.807) is 0 Å². The van der Waals surface area contributed by atoms with E-state index in [1.807, 2.05) is 0 Å². The molecular formula is C5H8N6O2. The normalized spacial score (nSPS) is 11.2. The summed E-state index contributed by atoms with van der Waals surface area (Å²) < 4.78 is 0. The number of primary amides is 1. The number of amides is 2. The minimum Gasteiger partial charge on any atom is -0.409 e. The minimum absolute atomic E-state index is 0.169. The average molecular weight is 184 g/mol. The van der Waals surface area contributed by atoms with E-state index in [1.165, 1.54) is 6.20 Å². The molecule has 0 aromatic carbocycles. The summed E-state index contributed by atoms with van der Waals surface area (Å²) in [5.41, 5.74) is 10.4. The Labute approximate surface area is 72.6 Å². The fraction of sp³-hybridized carbons (Fsp3) is 0. The van der Waals surface area contributed by atoms with E-state index < -0.39 is 6.03 Å². The summed E-state index contributed by atoms with van der Waals surface area (Å²) in [6.45, 7) is 0. The van der Waals surface area contributed by atoms with Crippen LogP contribution >= 0.6 is 0 Å². The Kier molecular flexibility index (Phi) is 2.33. The van der Waals surface area contributed by atoms with Gasteiger partial charge in [-0.25, -0.2) is 4.79 Å². The molecule has 0 unspecified atom stereocenters. The molecule has 0 saturated heterocycles. The number of hydrogen-bond donors (Lipinski definition) is 5. The second-order valence-electron chi connectivity index (χ2n) is 2.13. The molecule has 70 valence electrons. The maximum Gasteiger partial charge on any atom is 0.317 e. The highest BCUT2D eigenvalue weighted by molar-refractivity contribution is 6.03. The average Bonchev–Trinajstić information content (AvgIpc) is 2.50. The van der Waals surface area contributed by atoms with Crippen molar-refractivity contribution in [2.45, 2.75) is 0 Å². The van der Waals surface area contributed by atoms with Crippen LogP contribution in [0.15, 0.2) is 11.4 Å². The molecule has 2 amide bonds. The number of nitrogens with one attached hydrogen (secondary N) is 2. The lowest BCUT2D eigenvalue weighted by Gasteiger charge is -1.99. The second-order valence-corrected chi connectivity index (χ2v) is 2.13. The first kappa shape index (κ1) is 8.84. The Morgan fingerprint density at radius 3 is 2.92 bits per heavy atom. The topological polar surface area (TPSA) is 142 Å². The van der Waals surface area contributed by atoms with Gasteiger partial charge in [0.2, 0.25) is 0 Å². The number of urea groups is 1. The van der Waals surface area contributed by atoms with Crippen LogP contribution in [-0.2, 0) is 0 Å². The van der Waals surface area contributed by atoms with Crippen LogP contribution in [0.5, 0.6) is 0 Å². The van der Waals surface area contributed by atoms with Gasteiger partial charge in [-0.3, -0.25) is 10.4 Å². The third-order valence-corrected chi connectivity index (χ3v) is 1.27. The van der Waals surface area contributed by atoms with E-state index in [9.17, 15) is 4.79 Å². The Hall–Kier alpha value is -2.25. The van der Waals surface area contributed by atoms with Crippen LogP contribution in [0.3, 0.4) is 0 Å². The van der Waals surface area contributed by atoms with E-state index >= 15 is 0 Å². The zero-order valence-electron chi connectivity index (χ0n) is 6.48. The molecule has 7 N–H and O–H groups in total. The number of H-pyrrole nitrogens is 1. The molecule has 0 atom stereocenters. The van der Waals surface area contributed by atoms with Crippen LogP contribution in [0.25, 0.3) is 0 Å². The number of carbonyl (C=O) groups is 1. The molecule has 1 rings (SSSR count). The van der Waals surface area contributed by atoms with Crippen LogP contribution in [0.2, 0.25) is 0 Å². The van der Waals surface area contributed by atoms with Crippen molar-refractivity contribution in [2.75, 3.05) is 5.32 Å². The Balaban J connectivity index is 2.96. The highest BCUT2D eigenvalue weighted by Gasteiger charge is 2.10. The van der Waals surface area contributed by atoms with E-state index in [0.29, 0.717) is 0 Å². The number of nitrogens with zero attached hydrogens (tertiary/aromatic N) is 2. The number of carbonyl (C=O) groups excluding carboxylic acids is 1. The summed E-state index contributed by atoms with van der Waals surface area (Å²) in [4.78, 5) is 10.4. The molecule has 1 aromatic heterocycles. The first-order chi connectivity index (χ1) is 6.15. The molecule has 0 aliphatic carbocycles.